The maximum atomic E-state index is 15.4. The van der Waals surface area contributed by atoms with Crippen LogP contribution in [0.5, 0.6) is 0 Å². The van der Waals surface area contributed by atoms with Crippen LogP contribution in [-0.4, -0.2) is 80.8 Å². The molecule has 196 valence electrons. The molecule has 1 aromatic carbocycles. The fourth-order valence-electron chi connectivity index (χ4n) is 3.86. The zero-order valence-electron chi connectivity index (χ0n) is 19.9. The van der Waals surface area contributed by atoms with Gasteiger partial charge in [-0.25, -0.2) is 12.8 Å². The van der Waals surface area contributed by atoms with Crippen LogP contribution in [0, 0.1) is 5.82 Å². The van der Waals surface area contributed by atoms with Gasteiger partial charge in [-0.1, -0.05) is 29.8 Å². The first-order valence-electron chi connectivity index (χ1n) is 11.4. The van der Waals surface area contributed by atoms with Crippen LogP contribution < -0.4 is 10.0 Å². The number of hydrogen-bond acceptors (Lipinski definition) is 7. The molecule has 1 atom stereocenters. The molecule has 2 aromatic heterocycles. The van der Waals surface area contributed by atoms with E-state index in [2.05, 4.69) is 15.0 Å². The van der Waals surface area contributed by atoms with Crippen molar-refractivity contribution in [3.8, 4) is 11.1 Å². The zero-order chi connectivity index (χ0) is 26.6. The lowest BCUT2D eigenvalue weighted by Crippen LogP contribution is -2.57. The summed E-state index contributed by atoms with van der Waals surface area (Å²) in [6.07, 6.45) is 2.95. The third-order valence-corrected chi connectivity index (χ3v) is 8.62. The van der Waals surface area contributed by atoms with Crippen LogP contribution in [0.15, 0.2) is 59.8 Å². The normalized spacial score (nSPS) is 15.4. The smallest absolute Gasteiger partial charge is 0.261 e. The summed E-state index contributed by atoms with van der Waals surface area (Å²) in [4.78, 5) is 33.1. The van der Waals surface area contributed by atoms with Gasteiger partial charge in [0.2, 0.25) is 15.9 Å². The van der Waals surface area contributed by atoms with Crippen LogP contribution >= 0.6 is 22.9 Å². The molecule has 0 spiro atoms. The average Bonchev–Trinajstić information content (AvgIpc) is 3.33. The van der Waals surface area contributed by atoms with E-state index in [4.69, 9.17) is 11.6 Å². The maximum Gasteiger partial charge on any atom is 0.261 e. The highest BCUT2D eigenvalue weighted by Crippen LogP contribution is 2.27. The first-order valence-corrected chi connectivity index (χ1v) is 14.1. The van der Waals surface area contributed by atoms with E-state index in [1.54, 1.807) is 18.2 Å². The lowest BCUT2D eigenvalue weighted by Gasteiger charge is -2.34. The van der Waals surface area contributed by atoms with Gasteiger partial charge in [-0.15, -0.1) is 11.3 Å². The lowest BCUT2D eigenvalue weighted by molar-refractivity contribution is -0.134. The number of piperazine rings is 1. The summed E-state index contributed by atoms with van der Waals surface area (Å²) in [5.41, 5.74) is 0.463. The maximum absolute atomic E-state index is 15.4. The molecule has 13 heteroatoms. The molecule has 0 radical (unpaired) electrons. The molecule has 0 bridgehead atoms. The summed E-state index contributed by atoms with van der Waals surface area (Å²) in [6, 6.07) is 8.96. The van der Waals surface area contributed by atoms with E-state index in [0.717, 1.165) is 17.4 Å². The molecule has 1 aliphatic rings. The number of aromatic nitrogens is 1. The molecule has 4 rings (SSSR count). The fraction of sp³-hybridized carbons (Fsp3) is 0.292. The minimum Gasteiger partial charge on any atom is -0.349 e. The largest absolute Gasteiger partial charge is 0.349 e. The van der Waals surface area contributed by atoms with E-state index in [9.17, 15) is 18.0 Å². The monoisotopic (exact) mass is 565 g/mol. The first kappa shape index (κ1) is 27.1. The Hall–Kier alpha value is -2.90. The molecule has 3 heterocycles. The van der Waals surface area contributed by atoms with E-state index in [1.165, 1.54) is 35.5 Å². The van der Waals surface area contributed by atoms with E-state index in [-0.39, 0.29) is 12.1 Å². The van der Waals surface area contributed by atoms with Gasteiger partial charge in [-0.2, -0.15) is 4.72 Å². The second-order valence-corrected chi connectivity index (χ2v) is 11.9. The average molecular weight is 566 g/mol. The number of sulfonamides is 1. The minimum absolute atomic E-state index is 0.0563. The summed E-state index contributed by atoms with van der Waals surface area (Å²) in [5.74, 6) is -1.98. The number of hydrogen-bond donors (Lipinski definition) is 2. The molecule has 2 N–H and O–H groups in total. The zero-order valence-corrected chi connectivity index (χ0v) is 22.2. The molecule has 2 amide bonds. The third kappa shape index (κ3) is 6.51. The van der Waals surface area contributed by atoms with Gasteiger partial charge < -0.3 is 15.1 Å². The number of pyridine rings is 1. The Morgan fingerprint density at radius 1 is 1.14 bits per heavy atom. The highest BCUT2D eigenvalue weighted by molar-refractivity contribution is 7.89. The number of benzene rings is 1. The van der Waals surface area contributed by atoms with Gasteiger partial charge in [-0.3, -0.25) is 14.6 Å². The molecule has 0 saturated carbocycles. The minimum atomic E-state index is -4.50. The van der Waals surface area contributed by atoms with Gasteiger partial charge in [0.25, 0.3) is 5.91 Å². The number of amides is 2. The van der Waals surface area contributed by atoms with Gasteiger partial charge >= 0.3 is 0 Å². The number of halogens is 2. The molecular weight excluding hydrogens is 541 g/mol. The van der Waals surface area contributed by atoms with Crippen molar-refractivity contribution in [3.63, 3.8) is 0 Å². The number of thiophene rings is 1. The van der Waals surface area contributed by atoms with Crippen LogP contribution in [0.4, 0.5) is 4.39 Å². The standard InChI is InChI=1S/C24H25ClFN5O4S2/c1-30-10-12-31(13-11-30)24(33)18(15-28-23(32)19-7-8-21(25)36-19)29-37(34,35)20-6-2-5-17(22(20)26)16-4-3-9-27-14-16/h2-9,14,18,29H,10-13,15H2,1H3,(H,28,32)/t18-/m0/s1. The molecular formula is C24H25ClFN5O4S2. The summed E-state index contributed by atoms with van der Waals surface area (Å²) in [5, 5.41) is 2.59. The van der Waals surface area contributed by atoms with Gasteiger partial charge in [0.15, 0.2) is 5.82 Å². The molecule has 0 aliphatic carbocycles. The van der Waals surface area contributed by atoms with E-state index < -0.39 is 38.6 Å². The number of rotatable bonds is 8. The first-order chi connectivity index (χ1) is 17.7. The van der Waals surface area contributed by atoms with Crippen LogP contribution in [0.25, 0.3) is 11.1 Å². The van der Waals surface area contributed by atoms with Crippen LogP contribution in [0.3, 0.4) is 0 Å². The Morgan fingerprint density at radius 2 is 1.89 bits per heavy atom. The summed E-state index contributed by atoms with van der Waals surface area (Å²) >= 11 is 6.96. The predicted molar refractivity (Wildman–Crippen MR) is 139 cm³/mol. The molecule has 3 aromatic rings. The summed E-state index contributed by atoms with van der Waals surface area (Å²) in [6.45, 7) is 1.70. The summed E-state index contributed by atoms with van der Waals surface area (Å²) in [7, 11) is -2.57. The molecule has 37 heavy (non-hydrogen) atoms. The Kier molecular flexibility index (Phi) is 8.55. The van der Waals surface area contributed by atoms with Crippen LogP contribution in [0.2, 0.25) is 4.34 Å². The summed E-state index contributed by atoms with van der Waals surface area (Å²) < 4.78 is 44.8. The van der Waals surface area contributed by atoms with E-state index in [0.29, 0.717) is 41.0 Å². The van der Waals surface area contributed by atoms with Crippen molar-refractivity contribution < 1.29 is 22.4 Å². The highest BCUT2D eigenvalue weighted by atomic mass is 35.5. The molecule has 1 aliphatic heterocycles. The van der Waals surface area contributed by atoms with E-state index in [1.807, 2.05) is 11.9 Å². The van der Waals surface area contributed by atoms with Crippen molar-refractivity contribution >= 4 is 44.8 Å². The van der Waals surface area contributed by atoms with Crippen molar-refractivity contribution in [1.82, 2.24) is 24.8 Å². The second-order valence-electron chi connectivity index (χ2n) is 8.48. The van der Waals surface area contributed by atoms with Gasteiger partial charge in [0.05, 0.1) is 9.21 Å². The highest BCUT2D eigenvalue weighted by Gasteiger charge is 2.33. The van der Waals surface area contributed by atoms with Gasteiger partial charge in [0.1, 0.15) is 10.9 Å². The van der Waals surface area contributed by atoms with Crippen LogP contribution in [-0.2, 0) is 14.8 Å². The molecule has 0 unspecified atom stereocenters. The van der Waals surface area contributed by atoms with E-state index >= 15 is 4.39 Å². The number of nitrogens with one attached hydrogen (secondary N) is 2. The molecule has 9 nitrogen and oxygen atoms in total. The number of nitrogens with zero attached hydrogens (tertiary/aromatic N) is 3. The second kappa shape index (κ2) is 11.7. The van der Waals surface area contributed by atoms with Crippen molar-refractivity contribution in [2.75, 3.05) is 39.8 Å². The van der Waals surface area contributed by atoms with Crippen molar-refractivity contribution in [2.24, 2.45) is 0 Å². The quantitative estimate of drug-likeness (QED) is 0.434. The van der Waals surface area contributed by atoms with Crippen molar-refractivity contribution in [2.45, 2.75) is 10.9 Å². The molecule has 1 saturated heterocycles. The Balaban J connectivity index is 1.59. The Labute approximate surface area is 223 Å². The molecule has 1 fully saturated rings. The third-order valence-electron chi connectivity index (χ3n) is 5.90. The number of likely N-dealkylation sites (N-methyl/N-ethyl adjacent to an activating group) is 1. The lowest BCUT2D eigenvalue weighted by atomic mass is 10.1. The van der Waals surface area contributed by atoms with Gasteiger partial charge in [0, 0.05) is 56.2 Å². The Bertz CT molecular complexity index is 1380. The fourth-order valence-corrected chi connectivity index (χ4v) is 6.11. The van der Waals surface area contributed by atoms with Gasteiger partial charge in [-0.05, 0) is 31.3 Å². The number of carbonyl (C=O) groups is 2. The topological polar surface area (TPSA) is 112 Å². The van der Waals surface area contributed by atoms with Crippen molar-refractivity contribution in [3.05, 3.63) is 69.9 Å². The van der Waals surface area contributed by atoms with Crippen molar-refractivity contribution in [1.29, 1.82) is 0 Å². The predicted octanol–water partition coefficient (Wildman–Crippen LogP) is 2.45. The SMILES string of the molecule is CN1CCN(C(=O)[C@H](CNC(=O)c2ccc(Cl)s2)NS(=O)(=O)c2cccc(-c3cccnc3)c2F)CC1. The Morgan fingerprint density at radius 3 is 2.54 bits per heavy atom. The van der Waals surface area contributed by atoms with Crippen LogP contribution in [0.1, 0.15) is 9.67 Å². The number of carbonyl (C=O) groups excluding carboxylic acids is 2.